The van der Waals surface area contributed by atoms with E-state index in [1.54, 1.807) is 0 Å². The first-order valence-electron chi connectivity index (χ1n) is 9.20. The van der Waals surface area contributed by atoms with Gasteiger partial charge in [0.1, 0.15) is 13.2 Å². The molecule has 10 heteroatoms. The van der Waals surface area contributed by atoms with Crippen molar-refractivity contribution in [3.05, 3.63) is 0 Å². The maximum atomic E-state index is 10.9. The van der Waals surface area contributed by atoms with E-state index >= 15 is 0 Å². The van der Waals surface area contributed by atoms with Gasteiger partial charge in [0.15, 0.2) is 0 Å². The third kappa shape index (κ3) is 17.2. The molecule has 0 aliphatic carbocycles. The Hall–Kier alpha value is -2.20. The van der Waals surface area contributed by atoms with Crippen LogP contribution in [0.1, 0.15) is 40.5 Å². The van der Waals surface area contributed by atoms with Crippen LogP contribution in [0.4, 0.5) is 0 Å². The average molecular weight is 404 g/mol. The third-order valence-corrected chi connectivity index (χ3v) is 3.57. The molecule has 162 valence electrons. The zero-order valence-electron chi connectivity index (χ0n) is 17.2. The van der Waals surface area contributed by atoms with Gasteiger partial charge in [-0.1, -0.05) is 0 Å². The number of carbonyl (C=O) groups is 4. The SMILES string of the molecule is CC(=O)OCCC(CCOC(C)=O)NCN(CCOC(C)=O)CCOC(C)=O. The van der Waals surface area contributed by atoms with Crippen molar-refractivity contribution in [2.45, 2.75) is 46.6 Å². The fourth-order valence-electron chi connectivity index (χ4n) is 2.20. The van der Waals surface area contributed by atoms with E-state index in [0.717, 1.165) is 0 Å². The number of hydrogen-bond acceptors (Lipinski definition) is 10. The maximum Gasteiger partial charge on any atom is 0.302 e. The summed E-state index contributed by atoms with van der Waals surface area (Å²) >= 11 is 0. The first-order chi connectivity index (χ1) is 13.2. The van der Waals surface area contributed by atoms with Gasteiger partial charge in [0, 0.05) is 53.5 Å². The predicted molar refractivity (Wildman–Crippen MR) is 99.1 cm³/mol. The summed E-state index contributed by atoms with van der Waals surface area (Å²) < 4.78 is 19.9. The van der Waals surface area contributed by atoms with Gasteiger partial charge in [0.05, 0.1) is 13.2 Å². The Balaban J connectivity index is 4.57. The Kier molecular flexibility index (Phi) is 14.6. The summed E-state index contributed by atoms with van der Waals surface area (Å²) in [5.41, 5.74) is 0. The largest absolute Gasteiger partial charge is 0.466 e. The van der Waals surface area contributed by atoms with Crippen LogP contribution in [0.15, 0.2) is 0 Å². The van der Waals surface area contributed by atoms with E-state index in [4.69, 9.17) is 18.9 Å². The van der Waals surface area contributed by atoms with Gasteiger partial charge < -0.3 is 24.3 Å². The molecule has 0 saturated heterocycles. The number of hydrogen-bond donors (Lipinski definition) is 1. The van der Waals surface area contributed by atoms with Gasteiger partial charge >= 0.3 is 23.9 Å². The van der Waals surface area contributed by atoms with Gasteiger partial charge in [-0.3, -0.25) is 24.1 Å². The van der Waals surface area contributed by atoms with E-state index in [-0.39, 0.29) is 56.3 Å². The summed E-state index contributed by atoms with van der Waals surface area (Å²) in [6, 6.07) is -0.0661. The van der Waals surface area contributed by atoms with Crippen molar-refractivity contribution in [3.8, 4) is 0 Å². The minimum absolute atomic E-state index is 0.0661. The van der Waals surface area contributed by atoms with Crippen molar-refractivity contribution in [1.29, 1.82) is 0 Å². The molecule has 0 aliphatic rings. The number of nitrogens with zero attached hydrogens (tertiary/aromatic N) is 1. The molecular formula is C18H32N2O8. The standard InChI is InChI=1S/C18H32N2O8/c1-14(21)25-9-5-18(6-10-26-15(2)22)19-13-20(7-11-27-16(3)23)8-12-28-17(4)24/h18-19H,5-13H2,1-4H3. The molecule has 0 aromatic rings. The van der Waals surface area contributed by atoms with Crippen LogP contribution < -0.4 is 5.32 Å². The highest BCUT2D eigenvalue weighted by Crippen LogP contribution is 2.02. The van der Waals surface area contributed by atoms with Crippen molar-refractivity contribution in [2.75, 3.05) is 46.2 Å². The van der Waals surface area contributed by atoms with Crippen LogP contribution in [-0.2, 0) is 38.1 Å². The van der Waals surface area contributed by atoms with Crippen molar-refractivity contribution in [1.82, 2.24) is 10.2 Å². The first kappa shape index (κ1) is 25.8. The van der Waals surface area contributed by atoms with Crippen LogP contribution in [0.3, 0.4) is 0 Å². The molecular weight excluding hydrogens is 372 g/mol. The molecule has 1 N–H and O–H groups in total. The molecule has 0 spiro atoms. The Bertz CT molecular complexity index is 414. The highest BCUT2D eigenvalue weighted by molar-refractivity contribution is 5.66. The number of ether oxygens (including phenoxy) is 4. The Morgan fingerprint density at radius 3 is 1.39 bits per heavy atom. The molecule has 0 rings (SSSR count). The van der Waals surface area contributed by atoms with E-state index in [9.17, 15) is 19.2 Å². The molecule has 0 heterocycles. The second-order valence-corrected chi connectivity index (χ2v) is 6.11. The summed E-state index contributed by atoms with van der Waals surface area (Å²) in [6.07, 6.45) is 1.09. The third-order valence-electron chi connectivity index (χ3n) is 3.57. The monoisotopic (exact) mass is 404 g/mol. The molecule has 10 nitrogen and oxygen atoms in total. The predicted octanol–water partition coefficient (Wildman–Crippen LogP) is 0.237. The highest BCUT2D eigenvalue weighted by Gasteiger charge is 2.13. The zero-order chi connectivity index (χ0) is 21.4. The van der Waals surface area contributed by atoms with E-state index in [1.165, 1.54) is 27.7 Å². The zero-order valence-corrected chi connectivity index (χ0v) is 17.2. The summed E-state index contributed by atoms with van der Waals surface area (Å²) in [4.78, 5) is 45.7. The van der Waals surface area contributed by atoms with Crippen molar-refractivity contribution >= 4 is 23.9 Å². The van der Waals surface area contributed by atoms with E-state index in [0.29, 0.717) is 32.6 Å². The molecule has 0 radical (unpaired) electrons. The number of carbonyl (C=O) groups excluding carboxylic acids is 4. The fraction of sp³-hybridized carbons (Fsp3) is 0.778. The molecule has 0 bridgehead atoms. The summed E-state index contributed by atoms with van der Waals surface area (Å²) in [5, 5.41) is 3.31. The van der Waals surface area contributed by atoms with Crippen LogP contribution in [0, 0.1) is 0 Å². The quantitative estimate of drug-likeness (QED) is 0.231. The van der Waals surface area contributed by atoms with Crippen LogP contribution in [0.25, 0.3) is 0 Å². The van der Waals surface area contributed by atoms with Gasteiger partial charge in [0.2, 0.25) is 0 Å². The lowest BCUT2D eigenvalue weighted by atomic mass is 10.1. The topological polar surface area (TPSA) is 120 Å². The van der Waals surface area contributed by atoms with Gasteiger partial charge in [-0.05, 0) is 12.8 Å². The second kappa shape index (κ2) is 15.8. The summed E-state index contributed by atoms with van der Waals surface area (Å²) in [7, 11) is 0. The van der Waals surface area contributed by atoms with E-state index in [2.05, 4.69) is 5.32 Å². The van der Waals surface area contributed by atoms with Gasteiger partial charge in [0.25, 0.3) is 0 Å². The minimum Gasteiger partial charge on any atom is -0.466 e. The first-order valence-corrected chi connectivity index (χ1v) is 9.20. The molecule has 28 heavy (non-hydrogen) atoms. The van der Waals surface area contributed by atoms with Crippen molar-refractivity contribution in [3.63, 3.8) is 0 Å². The Labute approximate surface area is 165 Å². The van der Waals surface area contributed by atoms with E-state index in [1.807, 2.05) is 4.90 Å². The van der Waals surface area contributed by atoms with Crippen LogP contribution in [0.5, 0.6) is 0 Å². The fourth-order valence-corrected chi connectivity index (χ4v) is 2.20. The molecule has 0 aromatic carbocycles. The Morgan fingerprint density at radius 1 is 0.679 bits per heavy atom. The number of esters is 4. The van der Waals surface area contributed by atoms with Crippen LogP contribution in [0.2, 0.25) is 0 Å². The molecule has 0 fully saturated rings. The molecule has 0 saturated carbocycles. The van der Waals surface area contributed by atoms with Gasteiger partial charge in [-0.15, -0.1) is 0 Å². The molecule has 0 aliphatic heterocycles. The lowest BCUT2D eigenvalue weighted by Gasteiger charge is -2.26. The van der Waals surface area contributed by atoms with Crippen LogP contribution >= 0.6 is 0 Å². The minimum atomic E-state index is -0.367. The average Bonchev–Trinajstić information content (AvgIpc) is 2.57. The normalized spacial score (nSPS) is 10.6. The lowest BCUT2D eigenvalue weighted by Crippen LogP contribution is -2.43. The highest BCUT2D eigenvalue weighted by atomic mass is 16.5. The second-order valence-electron chi connectivity index (χ2n) is 6.11. The van der Waals surface area contributed by atoms with E-state index < -0.39 is 0 Å². The lowest BCUT2D eigenvalue weighted by molar-refractivity contribution is -0.143. The Morgan fingerprint density at radius 2 is 1.04 bits per heavy atom. The van der Waals surface area contributed by atoms with Crippen molar-refractivity contribution < 1.29 is 38.1 Å². The maximum absolute atomic E-state index is 10.9. The molecule has 0 unspecified atom stereocenters. The molecule has 0 aromatic heterocycles. The number of nitrogens with one attached hydrogen (secondary N) is 1. The van der Waals surface area contributed by atoms with Crippen molar-refractivity contribution in [2.24, 2.45) is 0 Å². The van der Waals surface area contributed by atoms with Gasteiger partial charge in [-0.25, -0.2) is 0 Å². The van der Waals surface area contributed by atoms with Gasteiger partial charge in [-0.2, -0.15) is 0 Å². The molecule has 0 amide bonds. The van der Waals surface area contributed by atoms with Crippen LogP contribution in [-0.4, -0.2) is 81.0 Å². The number of rotatable bonds is 15. The molecule has 0 atom stereocenters. The summed E-state index contributed by atoms with van der Waals surface area (Å²) in [6.45, 7) is 7.59. The summed E-state index contributed by atoms with van der Waals surface area (Å²) in [5.74, 6) is -1.45. The smallest absolute Gasteiger partial charge is 0.302 e.